The van der Waals surface area contributed by atoms with Gasteiger partial charge in [-0.3, -0.25) is 14.2 Å². The third-order valence-electron chi connectivity index (χ3n) is 15.3. The van der Waals surface area contributed by atoms with Gasteiger partial charge in [0, 0.05) is 34.5 Å². The fourth-order valence-electron chi connectivity index (χ4n) is 11.7. The molecule has 22 heteroatoms. The van der Waals surface area contributed by atoms with E-state index in [4.69, 9.17) is 28.9 Å². The minimum absolute atomic E-state index is 0. The smallest absolute Gasteiger partial charge is 0.407 e. The van der Waals surface area contributed by atoms with E-state index in [9.17, 15) is 19.2 Å². The number of halogens is 1. The number of thiophene rings is 1. The number of aromatic amines is 2. The van der Waals surface area contributed by atoms with Gasteiger partial charge in [-0.05, 0) is 125 Å². The predicted molar refractivity (Wildman–Crippen MR) is 302 cm³/mol. The second-order valence-corrected chi connectivity index (χ2v) is 21.8. The predicted octanol–water partition coefficient (Wildman–Crippen LogP) is 10.1. The van der Waals surface area contributed by atoms with E-state index in [0.717, 1.165) is 59.1 Å². The second kappa shape index (κ2) is 23.1. The highest BCUT2D eigenvalue weighted by molar-refractivity contribution is 7.59. The van der Waals surface area contributed by atoms with Crippen LogP contribution in [0.15, 0.2) is 60.9 Å². The molecule has 1 aliphatic carbocycles. The van der Waals surface area contributed by atoms with E-state index in [-0.39, 0.29) is 88.4 Å². The average Bonchev–Trinajstić information content (AvgIpc) is 4.15. The van der Waals surface area contributed by atoms with Crippen molar-refractivity contribution in [2.24, 2.45) is 11.8 Å². The molecule has 76 heavy (non-hydrogen) atoms. The maximum Gasteiger partial charge on any atom is 0.407 e. The Bertz CT molecular complexity index is 3090. The summed E-state index contributed by atoms with van der Waals surface area (Å²) >= 11 is 1.73. The Morgan fingerprint density at radius 1 is 0.763 bits per heavy atom. The summed E-state index contributed by atoms with van der Waals surface area (Å²) in [7, 11) is 2.57. The average molecular weight is 1120 g/mol. The molecule has 0 spiro atoms. The lowest BCUT2D eigenvalue weighted by Crippen LogP contribution is -2.54. The number of amides is 4. The number of fused-ring (bicyclic) bond motifs is 5. The number of likely N-dealkylation sites (tertiary alicyclic amines) is 2. The number of nitrogens with zero attached hydrogens (tertiary/aromatic N) is 5. The first-order chi connectivity index (χ1) is 35.3. The lowest BCUT2D eigenvalue weighted by atomic mass is 9.85. The minimum Gasteiger partial charge on any atom is -0.464 e. The van der Waals surface area contributed by atoms with E-state index in [1.54, 1.807) is 33.5 Å². The SMILES string of the molecule is COC(=O)NC(C(=O)N1CCC[C@H]1c1ncc(-c2cc(F)c3c(c2)OC(c2ccc(C4CC4)s2)n2c-3cc3cc(-c4cnc([C@@H]5CCCN5C(=O)[C@@H](NC(=O)OC)C(C)C)[nH]4)ccc32)[nH]1)C1C[C@@H](C)O[C@@H](C)C1.S.S.S. The van der Waals surface area contributed by atoms with Crippen LogP contribution < -0.4 is 15.4 Å². The summed E-state index contributed by atoms with van der Waals surface area (Å²) in [5, 5.41) is 6.45. The van der Waals surface area contributed by atoms with Gasteiger partial charge in [0.15, 0.2) is 0 Å². The Kier molecular flexibility index (Phi) is 17.2. The molecule has 0 bridgehead atoms. The number of carbonyl (C=O) groups excluding carboxylic acids is 4. The minimum atomic E-state index is -0.796. The van der Waals surface area contributed by atoms with Crippen molar-refractivity contribution in [1.29, 1.82) is 0 Å². The van der Waals surface area contributed by atoms with Crippen LogP contribution in [-0.4, -0.2) is 110 Å². The molecule has 4 fully saturated rings. The number of alkyl carbamates (subject to hydrolysis) is 2. The highest BCUT2D eigenvalue weighted by atomic mass is 32.1. The van der Waals surface area contributed by atoms with Crippen molar-refractivity contribution in [2.45, 2.75) is 128 Å². The molecule has 4 N–H and O–H groups in total. The van der Waals surface area contributed by atoms with Gasteiger partial charge in [0.05, 0.1) is 83.9 Å². The summed E-state index contributed by atoms with van der Waals surface area (Å²) in [5.41, 5.74) is 4.69. The van der Waals surface area contributed by atoms with Crippen LogP contribution in [-0.2, 0) is 23.8 Å². The Hall–Kier alpha value is -5.68. The Morgan fingerprint density at radius 3 is 1.99 bits per heavy atom. The maximum absolute atomic E-state index is 17.1. The zero-order valence-corrected chi connectivity index (χ0v) is 47.2. The van der Waals surface area contributed by atoms with Gasteiger partial charge in [-0.1, -0.05) is 19.9 Å². The molecule has 8 atom stereocenters. The van der Waals surface area contributed by atoms with Crippen molar-refractivity contribution >= 4 is 86.7 Å². The fraction of sp³-hybridized carbons (Fsp3) is 0.481. The zero-order chi connectivity index (χ0) is 50.8. The van der Waals surface area contributed by atoms with E-state index in [0.29, 0.717) is 78.2 Å². The molecular formula is C54H68FN9O8S4. The standard InChI is InChI=1S/C54H62FN9O8S.3H2S/c1-27(2)46(60-53(67)69-5)50(65)62-17-7-9-39(62)48-56-25-36(58-48)31-13-14-38-33(21-31)23-41-45-35(55)22-32(24-42(45)72-52(64(38)41)44-16-15-43(73-44)30-11-12-30)37-26-57-49(59-37)40-10-8-18-63(40)51(66)47(61-54(68)70-6)34-19-28(3)71-29(4)20-34;;;/h13-16,21-30,34,39-40,46-47,52H,7-12,17-20H2,1-6H3,(H,56,58)(H,57,59)(H,60,67)(H,61,68);3*1H2/t28-,29+,34?,39-,40-,46-,47?,52?;;;/m0.../s1. The summed E-state index contributed by atoms with van der Waals surface area (Å²) in [4.78, 5) is 75.5. The molecule has 4 aliphatic heterocycles. The van der Waals surface area contributed by atoms with Crippen LogP contribution >= 0.6 is 51.8 Å². The highest BCUT2D eigenvalue weighted by Gasteiger charge is 2.43. The summed E-state index contributed by atoms with van der Waals surface area (Å²) in [6.07, 6.45) is 7.96. The Balaban J connectivity index is 0.00000255. The molecule has 4 aromatic heterocycles. The van der Waals surface area contributed by atoms with Gasteiger partial charge in [0.2, 0.25) is 18.0 Å². The van der Waals surface area contributed by atoms with Crippen molar-refractivity contribution in [1.82, 2.24) is 44.9 Å². The number of carbonyl (C=O) groups is 4. The van der Waals surface area contributed by atoms with Gasteiger partial charge in [0.1, 0.15) is 35.3 Å². The molecule has 2 aromatic carbocycles. The lowest BCUT2D eigenvalue weighted by Gasteiger charge is -2.38. The van der Waals surface area contributed by atoms with Crippen molar-refractivity contribution in [3.8, 4) is 39.5 Å². The van der Waals surface area contributed by atoms with Gasteiger partial charge >= 0.3 is 12.2 Å². The lowest BCUT2D eigenvalue weighted by molar-refractivity contribution is -0.138. The molecule has 5 aliphatic rings. The third-order valence-corrected chi connectivity index (χ3v) is 16.6. The van der Waals surface area contributed by atoms with Crippen LogP contribution in [0.4, 0.5) is 14.0 Å². The maximum atomic E-state index is 17.1. The molecule has 11 rings (SSSR count). The summed E-state index contributed by atoms with van der Waals surface area (Å²) in [6, 6.07) is 13.6. The fourth-order valence-corrected chi connectivity index (χ4v) is 12.9. The Labute approximate surface area is 466 Å². The normalized spacial score (nSPS) is 22.5. The van der Waals surface area contributed by atoms with Crippen LogP contribution in [0.3, 0.4) is 0 Å². The second-order valence-electron chi connectivity index (χ2n) is 20.7. The quantitative estimate of drug-likeness (QED) is 0.0915. The molecule has 0 radical (unpaired) electrons. The number of aromatic nitrogens is 5. The van der Waals surface area contributed by atoms with Gasteiger partial charge in [0.25, 0.3) is 0 Å². The molecule has 3 saturated heterocycles. The Morgan fingerprint density at radius 2 is 1.37 bits per heavy atom. The first-order valence-corrected chi connectivity index (χ1v) is 26.4. The molecule has 4 amide bonds. The van der Waals surface area contributed by atoms with E-state index in [1.165, 1.54) is 25.2 Å². The first kappa shape index (κ1) is 56.5. The van der Waals surface area contributed by atoms with Gasteiger partial charge in [-0.2, -0.15) is 40.5 Å². The highest BCUT2D eigenvalue weighted by Crippen LogP contribution is 2.50. The molecule has 1 saturated carbocycles. The molecule has 408 valence electrons. The first-order valence-electron chi connectivity index (χ1n) is 25.6. The van der Waals surface area contributed by atoms with Gasteiger partial charge < -0.3 is 49.3 Å². The van der Waals surface area contributed by atoms with E-state index in [2.05, 4.69) is 43.4 Å². The molecule has 6 aromatic rings. The number of benzene rings is 2. The van der Waals surface area contributed by atoms with Crippen LogP contribution in [0.2, 0.25) is 0 Å². The summed E-state index contributed by atoms with van der Waals surface area (Å²) in [6.45, 7) is 8.79. The topological polar surface area (TPSA) is 198 Å². The molecule has 17 nitrogen and oxygen atoms in total. The van der Waals surface area contributed by atoms with Crippen molar-refractivity contribution in [3.63, 3.8) is 0 Å². The van der Waals surface area contributed by atoms with Gasteiger partial charge in [-0.25, -0.2) is 23.9 Å². The number of nitrogens with one attached hydrogen (secondary N) is 4. The number of hydrogen-bond acceptors (Lipinski definition) is 11. The van der Waals surface area contributed by atoms with Gasteiger partial charge in [-0.15, -0.1) is 11.3 Å². The van der Waals surface area contributed by atoms with Crippen LogP contribution in [0.5, 0.6) is 5.75 Å². The number of imidazole rings is 2. The van der Waals surface area contributed by atoms with E-state index < -0.39 is 36.3 Å². The zero-order valence-electron chi connectivity index (χ0n) is 43.4. The summed E-state index contributed by atoms with van der Waals surface area (Å²) in [5.74, 6) is 1.07. The van der Waals surface area contributed by atoms with Crippen LogP contribution in [0.1, 0.15) is 125 Å². The summed E-state index contributed by atoms with van der Waals surface area (Å²) < 4.78 is 41.8. The van der Waals surface area contributed by atoms with Crippen LogP contribution in [0.25, 0.3) is 44.7 Å². The van der Waals surface area contributed by atoms with Crippen molar-refractivity contribution < 1.29 is 42.5 Å². The number of methoxy groups -OCH3 is 2. The number of ether oxygens (including phenoxy) is 4. The van der Waals surface area contributed by atoms with E-state index >= 15 is 4.39 Å². The molecule has 8 heterocycles. The monoisotopic (exact) mass is 1120 g/mol. The van der Waals surface area contributed by atoms with Crippen molar-refractivity contribution in [2.75, 3.05) is 27.3 Å². The van der Waals surface area contributed by atoms with E-state index in [1.807, 2.05) is 52.0 Å². The number of rotatable bonds is 12. The largest absolute Gasteiger partial charge is 0.464 e. The van der Waals surface area contributed by atoms with Crippen molar-refractivity contribution in [3.05, 3.63) is 88.1 Å². The molecule has 3 unspecified atom stereocenters. The number of hydrogen-bond donors (Lipinski definition) is 4. The number of H-pyrrole nitrogens is 2. The van der Waals surface area contributed by atoms with Crippen LogP contribution in [0, 0.1) is 17.7 Å². The molecular weight excluding hydrogens is 1050 g/mol. The third kappa shape index (κ3) is 10.8.